The number of unbranched alkanes of at least 4 members (excludes halogenated alkanes) is 2. The molecule has 1 aliphatic rings. The van der Waals surface area contributed by atoms with Crippen molar-refractivity contribution in [1.29, 1.82) is 5.26 Å². The monoisotopic (exact) mass is 309 g/mol. The van der Waals surface area contributed by atoms with Gasteiger partial charge in [0.1, 0.15) is 6.07 Å². The molecule has 1 aromatic carbocycles. The van der Waals surface area contributed by atoms with Crippen molar-refractivity contribution in [1.82, 2.24) is 14.9 Å². The van der Waals surface area contributed by atoms with Gasteiger partial charge in [0.2, 0.25) is 0 Å². The fourth-order valence-electron chi connectivity index (χ4n) is 3.05. The zero-order valence-electron chi connectivity index (χ0n) is 13.7. The van der Waals surface area contributed by atoms with Crippen LogP contribution in [0.15, 0.2) is 24.3 Å². The molecule has 0 unspecified atom stereocenters. The summed E-state index contributed by atoms with van der Waals surface area (Å²) < 4.78 is 0. The number of fused-ring (bicyclic) bond motifs is 1. The number of piperazine rings is 1. The first-order valence-corrected chi connectivity index (χ1v) is 8.46. The first kappa shape index (κ1) is 15.7. The van der Waals surface area contributed by atoms with Crippen LogP contribution < -0.4 is 4.90 Å². The quantitative estimate of drug-likeness (QED) is 0.795. The molecule has 0 spiro atoms. The third-order valence-corrected chi connectivity index (χ3v) is 4.41. The van der Waals surface area contributed by atoms with Gasteiger partial charge in [-0.05, 0) is 25.1 Å². The zero-order chi connectivity index (χ0) is 16.1. The van der Waals surface area contributed by atoms with Crippen LogP contribution in [0.3, 0.4) is 0 Å². The fraction of sp³-hybridized carbons (Fsp3) is 0.500. The van der Waals surface area contributed by atoms with Gasteiger partial charge in [0.15, 0.2) is 11.5 Å². The van der Waals surface area contributed by atoms with E-state index in [1.54, 1.807) is 0 Å². The van der Waals surface area contributed by atoms with Gasteiger partial charge in [-0.3, -0.25) is 4.90 Å². The Morgan fingerprint density at radius 1 is 1.04 bits per heavy atom. The minimum Gasteiger partial charge on any atom is -0.352 e. The summed E-state index contributed by atoms with van der Waals surface area (Å²) in [5.74, 6) is 0.736. The van der Waals surface area contributed by atoms with Crippen LogP contribution in [0.2, 0.25) is 0 Å². The van der Waals surface area contributed by atoms with Crippen molar-refractivity contribution >= 4 is 16.9 Å². The summed E-state index contributed by atoms with van der Waals surface area (Å²) in [4.78, 5) is 13.9. The first-order chi connectivity index (χ1) is 11.3. The number of benzene rings is 1. The molecule has 0 amide bonds. The summed E-state index contributed by atoms with van der Waals surface area (Å²) in [6, 6.07) is 9.94. The van der Waals surface area contributed by atoms with Crippen LogP contribution in [-0.2, 0) is 0 Å². The average Bonchev–Trinajstić information content (AvgIpc) is 2.61. The molecule has 1 aromatic heterocycles. The van der Waals surface area contributed by atoms with Gasteiger partial charge in [0.25, 0.3) is 0 Å². The SMILES string of the molecule is CCCCCN1CCN(c2nc3ccccc3nc2C#N)CC1. The first-order valence-electron chi connectivity index (χ1n) is 8.46. The van der Waals surface area contributed by atoms with Crippen LogP contribution in [0.4, 0.5) is 5.82 Å². The van der Waals surface area contributed by atoms with E-state index in [0.717, 1.165) is 43.0 Å². The molecule has 0 radical (unpaired) electrons. The van der Waals surface area contributed by atoms with E-state index in [0.29, 0.717) is 5.69 Å². The molecule has 0 saturated carbocycles. The molecule has 0 atom stereocenters. The maximum absolute atomic E-state index is 9.41. The van der Waals surface area contributed by atoms with E-state index in [1.165, 1.54) is 25.8 Å². The second kappa shape index (κ2) is 7.38. The minimum atomic E-state index is 0.433. The number of nitriles is 1. The van der Waals surface area contributed by atoms with E-state index in [4.69, 9.17) is 4.98 Å². The van der Waals surface area contributed by atoms with Gasteiger partial charge in [-0.1, -0.05) is 31.9 Å². The Bertz CT molecular complexity index is 698. The summed E-state index contributed by atoms with van der Waals surface area (Å²) >= 11 is 0. The lowest BCUT2D eigenvalue weighted by molar-refractivity contribution is 0.252. The van der Waals surface area contributed by atoms with Crippen LogP contribution in [0.1, 0.15) is 31.9 Å². The minimum absolute atomic E-state index is 0.433. The second-order valence-corrected chi connectivity index (χ2v) is 6.03. The lowest BCUT2D eigenvalue weighted by Crippen LogP contribution is -2.47. The lowest BCUT2D eigenvalue weighted by Gasteiger charge is -2.35. The molecule has 120 valence electrons. The number of hydrogen-bond acceptors (Lipinski definition) is 5. The zero-order valence-corrected chi connectivity index (χ0v) is 13.7. The Morgan fingerprint density at radius 2 is 1.74 bits per heavy atom. The summed E-state index contributed by atoms with van der Waals surface area (Å²) in [5.41, 5.74) is 2.07. The number of aromatic nitrogens is 2. The maximum atomic E-state index is 9.41. The van der Waals surface area contributed by atoms with Crippen molar-refractivity contribution in [2.75, 3.05) is 37.6 Å². The molecule has 2 aromatic rings. The van der Waals surface area contributed by atoms with E-state index in [9.17, 15) is 5.26 Å². The van der Waals surface area contributed by atoms with Crippen molar-refractivity contribution in [3.63, 3.8) is 0 Å². The van der Waals surface area contributed by atoms with Crippen LogP contribution >= 0.6 is 0 Å². The molecule has 1 aliphatic heterocycles. The van der Waals surface area contributed by atoms with Gasteiger partial charge in [-0.25, -0.2) is 9.97 Å². The molecule has 2 heterocycles. The molecule has 5 heteroatoms. The summed E-state index contributed by atoms with van der Waals surface area (Å²) in [5, 5.41) is 9.41. The molecule has 0 aliphatic carbocycles. The van der Waals surface area contributed by atoms with Gasteiger partial charge < -0.3 is 4.90 Å². The Labute approximate surface area is 137 Å². The highest BCUT2D eigenvalue weighted by Crippen LogP contribution is 2.21. The number of para-hydroxylation sites is 2. The third-order valence-electron chi connectivity index (χ3n) is 4.41. The van der Waals surface area contributed by atoms with Crippen molar-refractivity contribution in [3.8, 4) is 6.07 Å². The Kier molecular flexibility index (Phi) is 5.04. The molecule has 0 bridgehead atoms. The number of nitrogens with zero attached hydrogens (tertiary/aromatic N) is 5. The van der Waals surface area contributed by atoms with Crippen molar-refractivity contribution in [2.24, 2.45) is 0 Å². The Balaban J connectivity index is 1.73. The third kappa shape index (κ3) is 3.59. The van der Waals surface area contributed by atoms with Crippen molar-refractivity contribution in [2.45, 2.75) is 26.2 Å². The van der Waals surface area contributed by atoms with Crippen LogP contribution in [0, 0.1) is 11.3 Å². The van der Waals surface area contributed by atoms with E-state index < -0.39 is 0 Å². The van der Waals surface area contributed by atoms with Crippen LogP contribution in [0.5, 0.6) is 0 Å². The number of anilines is 1. The van der Waals surface area contributed by atoms with E-state index in [2.05, 4.69) is 27.8 Å². The fourth-order valence-corrected chi connectivity index (χ4v) is 3.05. The molecular weight excluding hydrogens is 286 g/mol. The van der Waals surface area contributed by atoms with Gasteiger partial charge >= 0.3 is 0 Å². The van der Waals surface area contributed by atoms with Crippen molar-refractivity contribution in [3.05, 3.63) is 30.0 Å². The van der Waals surface area contributed by atoms with Gasteiger partial charge in [0, 0.05) is 26.2 Å². The van der Waals surface area contributed by atoms with Crippen molar-refractivity contribution < 1.29 is 0 Å². The predicted octanol–water partition coefficient (Wildman–Crippen LogP) is 2.81. The average molecular weight is 309 g/mol. The molecule has 1 saturated heterocycles. The van der Waals surface area contributed by atoms with E-state index in [1.807, 2.05) is 24.3 Å². The number of rotatable bonds is 5. The highest BCUT2D eigenvalue weighted by atomic mass is 15.3. The standard InChI is InChI=1S/C18H23N5/c1-2-3-6-9-22-10-12-23(13-11-22)18-17(14-19)20-15-7-4-5-8-16(15)21-18/h4-5,7-8H,2-3,6,9-13H2,1H3. The number of hydrogen-bond donors (Lipinski definition) is 0. The van der Waals surface area contributed by atoms with Crippen LogP contribution in [0.25, 0.3) is 11.0 Å². The molecule has 5 nitrogen and oxygen atoms in total. The largest absolute Gasteiger partial charge is 0.352 e. The summed E-state index contributed by atoms with van der Waals surface area (Å²) in [6.45, 7) is 7.30. The van der Waals surface area contributed by atoms with Crippen LogP contribution in [-0.4, -0.2) is 47.6 Å². The van der Waals surface area contributed by atoms with Gasteiger partial charge in [0.05, 0.1) is 11.0 Å². The Hall–Kier alpha value is -2.19. The smallest absolute Gasteiger partial charge is 0.183 e. The highest BCUT2D eigenvalue weighted by Gasteiger charge is 2.21. The maximum Gasteiger partial charge on any atom is 0.183 e. The van der Waals surface area contributed by atoms with Gasteiger partial charge in [-0.2, -0.15) is 5.26 Å². The Morgan fingerprint density at radius 3 is 2.39 bits per heavy atom. The lowest BCUT2D eigenvalue weighted by atomic mass is 10.2. The topological polar surface area (TPSA) is 56.1 Å². The second-order valence-electron chi connectivity index (χ2n) is 6.03. The van der Waals surface area contributed by atoms with E-state index >= 15 is 0 Å². The molecule has 23 heavy (non-hydrogen) atoms. The van der Waals surface area contributed by atoms with Gasteiger partial charge in [-0.15, -0.1) is 0 Å². The predicted molar refractivity (Wildman–Crippen MR) is 92.4 cm³/mol. The molecule has 3 rings (SSSR count). The highest BCUT2D eigenvalue weighted by molar-refractivity contribution is 5.77. The molecular formula is C18H23N5. The summed E-state index contributed by atoms with van der Waals surface area (Å²) in [6.07, 6.45) is 3.84. The normalized spacial score (nSPS) is 15.7. The molecule has 1 fully saturated rings. The summed E-state index contributed by atoms with van der Waals surface area (Å²) in [7, 11) is 0. The molecule has 0 N–H and O–H groups in total. The van der Waals surface area contributed by atoms with E-state index in [-0.39, 0.29) is 0 Å².